The summed E-state index contributed by atoms with van der Waals surface area (Å²) in [6, 6.07) is 84.7. The van der Waals surface area contributed by atoms with Crippen LogP contribution in [-0.2, 0) is 5.41 Å². The molecule has 1 aliphatic carbocycles. The Bertz CT molecular complexity index is 3910. The molecule has 328 valence electrons. The quantitative estimate of drug-likeness (QED) is 0.159. The highest BCUT2D eigenvalue weighted by Crippen LogP contribution is 2.63. The predicted molar refractivity (Wildman–Crippen MR) is 280 cm³/mol. The van der Waals surface area contributed by atoms with Gasteiger partial charge in [-0.05, 0) is 81.9 Å². The minimum atomic E-state index is -0.565. The number of aromatic nitrogens is 4. The van der Waals surface area contributed by atoms with Crippen molar-refractivity contribution in [3.05, 3.63) is 265 Å². The summed E-state index contributed by atoms with van der Waals surface area (Å²) >= 11 is 0. The van der Waals surface area contributed by atoms with Crippen LogP contribution in [0, 0.1) is 0 Å². The van der Waals surface area contributed by atoms with E-state index < -0.39 is 5.41 Å². The van der Waals surface area contributed by atoms with E-state index in [9.17, 15) is 0 Å². The van der Waals surface area contributed by atoms with E-state index in [0.717, 1.165) is 61.2 Å². The average Bonchev–Trinajstić information content (AvgIpc) is 3.94. The lowest BCUT2D eigenvalue weighted by atomic mass is 9.68. The van der Waals surface area contributed by atoms with E-state index in [0.29, 0.717) is 40.5 Å². The molecule has 3 heterocycles. The smallest absolute Gasteiger partial charge is 0.178 e. The van der Waals surface area contributed by atoms with E-state index in [1.54, 1.807) is 0 Å². The molecule has 0 saturated carbocycles. The molecule has 6 nitrogen and oxygen atoms in total. The molecule has 12 aromatic rings. The first-order valence-electron chi connectivity index (χ1n) is 23.6. The molecule has 1 aliphatic heterocycles. The van der Waals surface area contributed by atoms with E-state index in [1.165, 1.54) is 27.5 Å². The second-order valence-electron chi connectivity index (χ2n) is 17.8. The van der Waals surface area contributed by atoms with Crippen LogP contribution in [0.2, 0.25) is 0 Å². The van der Waals surface area contributed by atoms with Crippen LogP contribution in [0.3, 0.4) is 0 Å². The fraction of sp³-hybridized carbons (Fsp3) is 0.0156. The maximum atomic E-state index is 7.12. The zero-order valence-corrected chi connectivity index (χ0v) is 37.7. The molecular formula is C64H40N4O2. The Kier molecular flexibility index (Phi) is 9.01. The first-order chi connectivity index (χ1) is 34.7. The van der Waals surface area contributed by atoms with E-state index in [4.69, 9.17) is 24.4 Å². The van der Waals surface area contributed by atoms with Crippen LogP contribution in [0.15, 0.2) is 243 Å². The minimum Gasteiger partial charge on any atom is -0.449 e. The minimum absolute atomic E-state index is 0.549. The van der Waals surface area contributed by atoms with Gasteiger partial charge in [0.15, 0.2) is 40.5 Å². The highest BCUT2D eigenvalue weighted by atomic mass is 16.6. The van der Waals surface area contributed by atoms with Crippen LogP contribution in [-0.4, -0.2) is 19.5 Å². The van der Waals surface area contributed by atoms with Gasteiger partial charge in [0.1, 0.15) is 0 Å². The van der Waals surface area contributed by atoms with Gasteiger partial charge in [-0.3, -0.25) is 0 Å². The van der Waals surface area contributed by atoms with Crippen molar-refractivity contribution >= 4 is 21.8 Å². The molecule has 6 heteroatoms. The molecule has 2 aliphatic rings. The van der Waals surface area contributed by atoms with Crippen molar-refractivity contribution in [1.29, 1.82) is 0 Å². The molecule has 10 aromatic carbocycles. The van der Waals surface area contributed by atoms with Gasteiger partial charge in [0, 0.05) is 44.3 Å². The van der Waals surface area contributed by atoms with Crippen molar-refractivity contribution in [1.82, 2.24) is 19.5 Å². The average molecular weight is 897 g/mol. The second kappa shape index (κ2) is 15.9. The summed E-state index contributed by atoms with van der Waals surface area (Å²) in [6.07, 6.45) is 0. The molecule has 0 radical (unpaired) electrons. The number of hydrogen-bond donors (Lipinski definition) is 0. The van der Waals surface area contributed by atoms with Gasteiger partial charge in [0.05, 0.1) is 16.4 Å². The fourth-order valence-corrected chi connectivity index (χ4v) is 11.0. The summed E-state index contributed by atoms with van der Waals surface area (Å²) in [5.74, 6) is 4.33. The van der Waals surface area contributed by atoms with Crippen LogP contribution in [0.25, 0.3) is 83.9 Å². The lowest BCUT2D eigenvalue weighted by Gasteiger charge is -2.34. The van der Waals surface area contributed by atoms with Gasteiger partial charge >= 0.3 is 0 Å². The van der Waals surface area contributed by atoms with Gasteiger partial charge in [0.25, 0.3) is 0 Å². The largest absolute Gasteiger partial charge is 0.449 e. The highest BCUT2D eigenvalue weighted by molar-refractivity contribution is 6.09. The van der Waals surface area contributed by atoms with Gasteiger partial charge in [-0.25, -0.2) is 15.0 Å². The molecule has 0 bridgehead atoms. The number of nitrogens with zero attached hydrogens (tertiary/aromatic N) is 4. The molecule has 0 amide bonds. The van der Waals surface area contributed by atoms with Gasteiger partial charge in [-0.15, -0.1) is 0 Å². The van der Waals surface area contributed by atoms with Crippen LogP contribution >= 0.6 is 0 Å². The van der Waals surface area contributed by atoms with Crippen molar-refractivity contribution in [2.75, 3.05) is 0 Å². The van der Waals surface area contributed by atoms with Crippen LogP contribution in [0.1, 0.15) is 22.3 Å². The number of para-hydroxylation sites is 3. The Morgan fingerprint density at radius 1 is 0.329 bits per heavy atom. The standard InChI is InChI=1S/C64H40N4O2/c1-4-19-41(20-5-1)61-65-62(42-35-37-45(38-36-42)68-54-32-16-13-26-47(54)48-27-14-17-33-55(48)68)67-63(66-61)50-28-11-10-25-46(50)49-30-18-34-56-59(49)69-57-40-39-53-58(60(57)70-56)51-29-12-15-31-52(51)64(53,43-21-6-2-7-22-43)44-23-8-3-9-24-44/h1-40H. The maximum Gasteiger partial charge on any atom is 0.178 e. The van der Waals surface area contributed by atoms with Gasteiger partial charge < -0.3 is 14.0 Å². The van der Waals surface area contributed by atoms with Crippen LogP contribution < -0.4 is 9.47 Å². The molecule has 70 heavy (non-hydrogen) atoms. The molecule has 2 aromatic heterocycles. The maximum absolute atomic E-state index is 7.12. The van der Waals surface area contributed by atoms with Gasteiger partial charge in [0.2, 0.25) is 0 Å². The summed E-state index contributed by atoms with van der Waals surface area (Å²) in [5.41, 5.74) is 14.1. The van der Waals surface area contributed by atoms with Crippen molar-refractivity contribution in [3.8, 4) is 85.1 Å². The molecule has 0 fully saturated rings. The number of ether oxygens (including phenoxy) is 2. The molecule has 14 rings (SSSR count). The summed E-state index contributed by atoms with van der Waals surface area (Å²) in [4.78, 5) is 15.5. The zero-order chi connectivity index (χ0) is 46.2. The molecular weight excluding hydrogens is 857 g/mol. The predicted octanol–water partition coefficient (Wildman–Crippen LogP) is 15.9. The Balaban J connectivity index is 0.882. The number of hydrogen-bond acceptors (Lipinski definition) is 5. The van der Waals surface area contributed by atoms with Crippen LogP contribution in [0.4, 0.5) is 0 Å². The second-order valence-corrected chi connectivity index (χ2v) is 17.8. The highest BCUT2D eigenvalue weighted by Gasteiger charge is 2.48. The van der Waals surface area contributed by atoms with E-state index in [1.807, 2.05) is 54.6 Å². The van der Waals surface area contributed by atoms with E-state index in [2.05, 4.69) is 193 Å². The number of benzene rings is 10. The molecule has 0 N–H and O–H groups in total. The lowest BCUT2D eigenvalue weighted by molar-refractivity contribution is 0.361. The summed E-state index contributed by atoms with van der Waals surface area (Å²) < 4.78 is 16.5. The number of rotatable bonds is 7. The van der Waals surface area contributed by atoms with E-state index >= 15 is 0 Å². The SMILES string of the molecule is c1ccc(-c2nc(-c3ccc(-n4c5ccccc5c5ccccc54)cc3)nc(-c3ccccc3-c3cccc4c3Oc3ccc5c(c3O4)-c3ccccc3C5(c3ccccc3)c3ccccc3)n2)cc1. The Labute approximate surface area is 404 Å². The summed E-state index contributed by atoms with van der Waals surface area (Å²) in [7, 11) is 0. The van der Waals surface area contributed by atoms with Crippen molar-refractivity contribution in [2.24, 2.45) is 0 Å². The van der Waals surface area contributed by atoms with E-state index in [-0.39, 0.29) is 0 Å². The third-order valence-electron chi connectivity index (χ3n) is 14.0. The number of fused-ring (bicyclic) bond motifs is 9. The monoisotopic (exact) mass is 896 g/mol. The van der Waals surface area contributed by atoms with Crippen molar-refractivity contribution in [3.63, 3.8) is 0 Å². The van der Waals surface area contributed by atoms with Crippen molar-refractivity contribution in [2.45, 2.75) is 5.41 Å². The van der Waals surface area contributed by atoms with Crippen molar-refractivity contribution < 1.29 is 9.47 Å². The normalized spacial score (nSPS) is 12.9. The van der Waals surface area contributed by atoms with Gasteiger partial charge in [-0.2, -0.15) is 0 Å². The molecule has 0 spiro atoms. The fourth-order valence-electron chi connectivity index (χ4n) is 11.0. The Morgan fingerprint density at radius 3 is 1.50 bits per heavy atom. The summed E-state index contributed by atoms with van der Waals surface area (Å²) in [5, 5.41) is 2.44. The third kappa shape index (κ3) is 6.03. The Morgan fingerprint density at radius 2 is 0.829 bits per heavy atom. The van der Waals surface area contributed by atoms with Gasteiger partial charge in [-0.1, -0.05) is 194 Å². The first kappa shape index (κ1) is 39.7. The topological polar surface area (TPSA) is 62.1 Å². The first-order valence-corrected chi connectivity index (χ1v) is 23.6. The molecule has 0 unspecified atom stereocenters. The summed E-state index contributed by atoms with van der Waals surface area (Å²) in [6.45, 7) is 0. The lowest BCUT2D eigenvalue weighted by Crippen LogP contribution is -2.28. The Hall–Kier alpha value is -9.39. The third-order valence-corrected chi connectivity index (χ3v) is 14.0. The van der Waals surface area contributed by atoms with Crippen LogP contribution in [0.5, 0.6) is 23.0 Å². The molecule has 0 atom stereocenters. The zero-order valence-electron chi connectivity index (χ0n) is 37.7. The molecule has 0 saturated heterocycles.